The molecule has 5 aromatic rings. The number of nitrogens with zero attached hydrogens (tertiary/aromatic N) is 2. The number of carbonyl (C=O) groups excluding carboxylic acids is 1. The topological polar surface area (TPSA) is 164 Å². The zero-order chi connectivity index (χ0) is 34.7. The van der Waals surface area contributed by atoms with Crippen LogP contribution in [0.1, 0.15) is 17.3 Å². The van der Waals surface area contributed by atoms with E-state index < -0.39 is 37.3 Å². The highest BCUT2D eigenvalue weighted by atomic mass is 16.6. The normalized spacial score (nSPS) is 20.7. The number of methoxy groups -OCH3 is 2. The Kier molecular flexibility index (Phi) is 10.2. The summed E-state index contributed by atoms with van der Waals surface area (Å²) >= 11 is 0. The molecule has 1 aliphatic heterocycles. The van der Waals surface area contributed by atoms with Crippen molar-refractivity contribution < 1.29 is 44.2 Å². The van der Waals surface area contributed by atoms with Crippen molar-refractivity contribution in [1.29, 1.82) is 0 Å². The van der Waals surface area contributed by atoms with E-state index in [1.54, 1.807) is 21.1 Å². The van der Waals surface area contributed by atoms with Crippen molar-refractivity contribution in [2.45, 2.75) is 37.6 Å². The largest absolute Gasteiger partial charge is 0.497 e. The average Bonchev–Trinajstić information content (AvgIpc) is 3.57. The second-order valence-electron chi connectivity index (χ2n) is 11.8. The summed E-state index contributed by atoms with van der Waals surface area (Å²) in [6, 6.07) is 22.8. The van der Waals surface area contributed by atoms with Crippen LogP contribution in [0.15, 0.2) is 85.2 Å². The quantitative estimate of drug-likeness (QED) is 0.0978. The third kappa shape index (κ3) is 7.30. The van der Waals surface area contributed by atoms with Crippen molar-refractivity contribution in [2.24, 2.45) is 0 Å². The van der Waals surface area contributed by atoms with E-state index in [4.69, 9.17) is 23.9 Å². The van der Waals surface area contributed by atoms with Crippen molar-refractivity contribution in [3.8, 4) is 50.8 Å². The maximum absolute atomic E-state index is 12.0. The first-order valence-electron chi connectivity index (χ1n) is 15.8. The summed E-state index contributed by atoms with van der Waals surface area (Å²) in [7, 11) is 3.23. The molecule has 2 aromatic heterocycles. The van der Waals surface area contributed by atoms with Gasteiger partial charge in [-0.3, -0.25) is 10.1 Å². The summed E-state index contributed by atoms with van der Waals surface area (Å²) in [5.74, 6) is 1.94. The zero-order valence-electron chi connectivity index (χ0n) is 27.3. The van der Waals surface area contributed by atoms with E-state index >= 15 is 0 Å². The van der Waals surface area contributed by atoms with Gasteiger partial charge in [-0.2, -0.15) is 0 Å². The lowest BCUT2D eigenvalue weighted by Crippen LogP contribution is -2.62. The molecule has 0 radical (unpaired) electrons. The molecule has 0 saturated carbocycles. The third-order valence-electron chi connectivity index (χ3n) is 8.60. The lowest BCUT2D eigenvalue weighted by Gasteiger charge is -2.40. The third-order valence-corrected chi connectivity index (χ3v) is 8.60. The predicted molar refractivity (Wildman–Crippen MR) is 182 cm³/mol. The van der Waals surface area contributed by atoms with Gasteiger partial charge in [-0.25, -0.2) is 4.98 Å². The van der Waals surface area contributed by atoms with Crippen LogP contribution < -0.4 is 19.5 Å². The van der Waals surface area contributed by atoms with Gasteiger partial charge in [-0.1, -0.05) is 24.3 Å². The molecule has 12 nitrogen and oxygen atoms in total. The lowest BCUT2D eigenvalue weighted by molar-refractivity contribution is -0.236. The minimum absolute atomic E-state index is 0.00508. The van der Waals surface area contributed by atoms with Crippen LogP contribution in [0.25, 0.3) is 39.2 Å². The number of ether oxygens (including phenoxy) is 4. The van der Waals surface area contributed by atoms with Gasteiger partial charge in [-0.15, -0.1) is 0 Å². The highest BCUT2D eigenvalue weighted by Crippen LogP contribution is 2.35. The number of aliphatic hydroxyl groups is 4. The maximum atomic E-state index is 12.0. The molecular weight excluding hydrogens is 630 g/mol. The van der Waals surface area contributed by atoms with Gasteiger partial charge < -0.3 is 43.8 Å². The van der Waals surface area contributed by atoms with Crippen LogP contribution >= 0.6 is 0 Å². The van der Waals surface area contributed by atoms with E-state index in [2.05, 4.69) is 11.4 Å². The fourth-order valence-corrected chi connectivity index (χ4v) is 5.83. The van der Waals surface area contributed by atoms with Crippen molar-refractivity contribution in [2.75, 3.05) is 34.0 Å². The van der Waals surface area contributed by atoms with E-state index in [1.807, 2.05) is 83.5 Å². The maximum Gasteiger partial charge on any atom is 0.159 e. The minimum atomic E-state index is -1.45. The van der Waals surface area contributed by atoms with E-state index in [9.17, 15) is 25.2 Å². The number of aromatic nitrogens is 2. The number of Topliss-reactive ketones (excluding diaryl/α,β-unsaturated/α-hetero) is 1. The Hall–Kier alpha value is -4.82. The van der Waals surface area contributed by atoms with Gasteiger partial charge in [0.1, 0.15) is 60.1 Å². The van der Waals surface area contributed by atoms with Crippen LogP contribution in [0, 0.1) is 0 Å². The number of nitrogens with one attached hydrogen (secondary N) is 1. The molecule has 5 atom stereocenters. The number of rotatable bonds is 12. The molecule has 1 aliphatic rings. The average molecular weight is 670 g/mol. The molecule has 1 unspecified atom stereocenters. The van der Waals surface area contributed by atoms with Gasteiger partial charge in [0.05, 0.1) is 26.5 Å². The second-order valence-corrected chi connectivity index (χ2v) is 11.8. The number of imidazole rings is 1. The summed E-state index contributed by atoms with van der Waals surface area (Å²) in [6.45, 7) is 1.55. The second kappa shape index (κ2) is 14.7. The fraction of sp³-hybridized carbons (Fsp3) is 0.297. The Morgan fingerprint density at radius 1 is 0.816 bits per heavy atom. The number of pyridine rings is 1. The van der Waals surface area contributed by atoms with Crippen molar-refractivity contribution in [3.05, 3.63) is 90.8 Å². The van der Waals surface area contributed by atoms with Crippen molar-refractivity contribution in [3.63, 3.8) is 0 Å². The Labute approximate surface area is 283 Å². The molecule has 1 fully saturated rings. The first-order chi connectivity index (χ1) is 23.7. The smallest absolute Gasteiger partial charge is 0.159 e. The zero-order valence-corrected chi connectivity index (χ0v) is 27.3. The Bertz CT molecular complexity index is 1890. The van der Waals surface area contributed by atoms with Crippen LogP contribution in [0.3, 0.4) is 0 Å². The van der Waals surface area contributed by atoms with Crippen molar-refractivity contribution >= 4 is 11.4 Å². The molecular formula is C37H39N3O9. The predicted octanol–water partition coefficient (Wildman–Crippen LogP) is 3.32. The molecule has 49 heavy (non-hydrogen) atoms. The fourth-order valence-electron chi connectivity index (χ4n) is 5.83. The van der Waals surface area contributed by atoms with Crippen LogP contribution in [-0.2, 0) is 4.74 Å². The summed E-state index contributed by atoms with van der Waals surface area (Å²) in [4.78, 5) is 17.0. The molecule has 256 valence electrons. The van der Waals surface area contributed by atoms with Gasteiger partial charge in [-0.05, 0) is 66.1 Å². The lowest BCUT2D eigenvalue weighted by atomic mass is 9.98. The van der Waals surface area contributed by atoms with E-state index in [1.165, 1.54) is 0 Å². The summed E-state index contributed by atoms with van der Waals surface area (Å²) in [5.41, 5.74) is 6.60. The van der Waals surface area contributed by atoms with Crippen LogP contribution in [0.2, 0.25) is 0 Å². The molecule has 0 spiro atoms. The first kappa shape index (κ1) is 34.1. The number of aliphatic hydroxyl groups excluding tert-OH is 4. The Morgan fingerprint density at radius 2 is 1.49 bits per heavy atom. The number of ketones is 1. The van der Waals surface area contributed by atoms with Crippen LogP contribution in [0.5, 0.6) is 17.2 Å². The molecule has 5 N–H and O–H groups in total. The van der Waals surface area contributed by atoms with E-state index in [0.29, 0.717) is 22.8 Å². The highest BCUT2D eigenvalue weighted by Gasteiger charge is 2.43. The van der Waals surface area contributed by atoms with Gasteiger partial charge in [0.2, 0.25) is 0 Å². The standard InChI is InChI=1S/C37H39N3O9/c1-21(42)22-4-6-23(7-5-22)30-16-26(25-14-28(46-2)17-29(15-25)47-3)18-40-19-31(39-36(30)40)24-8-10-27(11-9-24)48-13-12-38-37-35(45)34(44)33(43)32(20-41)49-37/h4-11,14-19,32-35,37-38,41,43-45H,12-13,20H2,1-3H3/t32-,33-,34+,35-,37?/m1/s1. The van der Waals surface area contributed by atoms with E-state index in [0.717, 1.165) is 39.2 Å². The van der Waals surface area contributed by atoms with Crippen LogP contribution in [0.4, 0.5) is 0 Å². The molecule has 0 aliphatic carbocycles. The highest BCUT2D eigenvalue weighted by molar-refractivity contribution is 5.95. The van der Waals surface area contributed by atoms with Gasteiger partial charge >= 0.3 is 0 Å². The number of carbonyl (C=O) groups is 1. The van der Waals surface area contributed by atoms with Gasteiger partial charge in [0, 0.05) is 41.7 Å². The van der Waals surface area contributed by atoms with E-state index in [-0.39, 0.29) is 18.9 Å². The van der Waals surface area contributed by atoms with Gasteiger partial charge in [0.15, 0.2) is 5.78 Å². The number of fused-ring (bicyclic) bond motifs is 1. The minimum Gasteiger partial charge on any atom is -0.497 e. The number of hydrogen-bond acceptors (Lipinski definition) is 11. The molecule has 12 heteroatoms. The number of benzene rings is 3. The summed E-state index contributed by atoms with van der Waals surface area (Å²) < 4.78 is 24.4. The monoisotopic (exact) mass is 669 g/mol. The summed E-state index contributed by atoms with van der Waals surface area (Å²) in [6.07, 6.45) is -2.21. The Balaban J connectivity index is 1.23. The molecule has 3 heterocycles. The molecule has 0 bridgehead atoms. The SMILES string of the molecule is COc1cc(OC)cc(-c2cc(-c3ccc(C(C)=O)cc3)c3nc(-c4ccc(OCCNC5O[C@H](CO)[C@@H](O)[C@H](O)[C@H]5O)cc4)cn3c2)c1. The van der Waals surface area contributed by atoms with Crippen LogP contribution in [-0.4, -0.2) is 100 Å². The molecule has 3 aromatic carbocycles. The molecule has 6 rings (SSSR count). The first-order valence-corrected chi connectivity index (χ1v) is 15.8. The Morgan fingerprint density at radius 3 is 2.12 bits per heavy atom. The van der Waals surface area contributed by atoms with Gasteiger partial charge in [0.25, 0.3) is 0 Å². The molecule has 0 amide bonds. The number of hydrogen-bond donors (Lipinski definition) is 5. The summed E-state index contributed by atoms with van der Waals surface area (Å²) in [5, 5.41) is 42.5. The molecule has 1 saturated heterocycles. The van der Waals surface area contributed by atoms with Crippen molar-refractivity contribution in [1.82, 2.24) is 14.7 Å².